The number of rotatable bonds is 5. The van der Waals surface area contributed by atoms with Crippen molar-refractivity contribution in [1.82, 2.24) is 9.78 Å². The molecule has 166 valence electrons. The van der Waals surface area contributed by atoms with Crippen LogP contribution in [-0.2, 0) is 9.59 Å². The van der Waals surface area contributed by atoms with Crippen LogP contribution in [0, 0.1) is 17.5 Å². The molecular weight excluding hydrogens is 429 g/mol. The number of methoxy groups -OCH3 is 2. The minimum absolute atomic E-state index is 0.252. The summed E-state index contributed by atoms with van der Waals surface area (Å²) in [5, 5.41) is 9.21. The molecule has 1 aliphatic heterocycles. The molecule has 2 amide bonds. The summed E-state index contributed by atoms with van der Waals surface area (Å²) in [6.45, 7) is 0. The van der Waals surface area contributed by atoms with E-state index in [9.17, 15) is 22.8 Å². The minimum atomic E-state index is -1.64. The van der Waals surface area contributed by atoms with Crippen LogP contribution in [-0.4, -0.2) is 35.8 Å². The van der Waals surface area contributed by atoms with E-state index in [1.165, 1.54) is 25.1 Å². The van der Waals surface area contributed by atoms with Gasteiger partial charge in [0.15, 0.2) is 29.0 Å². The molecule has 2 N–H and O–H groups in total. The van der Waals surface area contributed by atoms with Crippen molar-refractivity contribution in [3.63, 3.8) is 0 Å². The van der Waals surface area contributed by atoms with Gasteiger partial charge in [0, 0.05) is 23.4 Å². The number of nitrogens with one attached hydrogen (secondary N) is 2. The number of benzene rings is 2. The molecule has 4 rings (SSSR count). The van der Waals surface area contributed by atoms with Crippen molar-refractivity contribution in [2.75, 3.05) is 24.9 Å². The second kappa shape index (κ2) is 8.25. The monoisotopic (exact) mass is 446 g/mol. The van der Waals surface area contributed by atoms with E-state index < -0.39 is 35.3 Å². The number of carbonyl (C=O) groups is 2. The van der Waals surface area contributed by atoms with Crippen LogP contribution in [0.25, 0.3) is 11.1 Å². The number of carbonyl (C=O) groups excluding carboxylic acids is 2. The minimum Gasteiger partial charge on any atom is -0.493 e. The first-order valence-electron chi connectivity index (χ1n) is 9.37. The summed E-state index contributed by atoms with van der Waals surface area (Å²) in [6, 6.07) is 5.32. The molecule has 0 aliphatic carbocycles. The molecule has 0 spiro atoms. The lowest BCUT2D eigenvalue weighted by Crippen LogP contribution is -2.35. The van der Waals surface area contributed by atoms with E-state index in [-0.39, 0.29) is 17.9 Å². The van der Waals surface area contributed by atoms with Crippen LogP contribution in [0.2, 0.25) is 0 Å². The Labute approximate surface area is 179 Å². The Hall–Kier alpha value is -4.02. The van der Waals surface area contributed by atoms with Gasteiger partial charge in [-0.2, -0.15) is 5.10 Å². The van der Waals surface area contributed by atoms with Gasteiger partial charge in [0.25, 0.3) is 0 Å². The SMILES string of the molecule is COc1ccc(-c2cnn3c2NC(=O)CC3C(=O)Nc2cc(F)c(F)c(F)c2)cc1OC. The van der Waals surface area contributed by atoms with E-state index in [1.54, 1.807) is 18.2 Å². The quantitative estimate of drug-likeness (QED) is 0.585. The average Bonchev–Trinajstić information content (AvgIpc) is 3.19. The topological polar surface area (TPSA) is 94.5 Å². The van der Waals surface area contributed by atoms with Gasteiger partial charge >= 0.3 is 0 Å². The maximum atomic E-state index is 13.5. The Kier molecular flexibility index (Phi) is 5.47. The van der Waals surface area contributed by atoms with Crippen LogP contribution in [0.1, 0.15) is 12.5 Å². The second-order valence-electron chi connectivity index (χ2n) is 6.93. The lowest BCUT2D eigenvalue weighted by atomic mass is 10.1. The van der Waals surface area contributed by atoms with Gasteiger partial charge in [-0.15, -0.1) is 0 Å². The van der Waals surface area contributed by atoms with Gasteiger partial charge in [0.2, 0.25) is 11.8 Å². The summed E-state index contributed by atoms with van der Waals surface area (Å²) >= 11 is 0. The standard InChI is InChI=1S/C21H17F3N4O4/c1-31-16-4-3-10(5-17(16)32-2)12-9-25-28-15(8-18(29)27-20(12)28)21(30)26-11-6-13(22)19(24)14(23)7-11/h3-7,9,15H,8H2,1-2H3,(H,26,30)(H,27,29). The van der Waals surface area contributed by atoms with E-state index >= 15 is 0 Å². The average molecular weight is 446 g/mol. The van der Waals surface area contributed by atoms with Crippen molar-refractivity contribution in [2.24, 2.45) is 0 Å². The lowest BCUT2D eigenvalue weighted by Gasteiger charge is -2.24. The number of anilines is 2. The second-order valence-corrected chi connectivity index (χ2v) is 6.93. The van der Waals surface area contributed by atoms with E-state index in [2.05, 4.69) is 15.7 Å². The molecule has 0 saturated heterocycles. The third-order valence-electron chi connectivity index (χ3n) is 4.98. The molecule has 0 bridgehead atoms. The summed E-state index contributed by atoms with van der Waals surface area (Å²) in [5.41, 5.74) is 0.884. The van der Waals surface area contributed by atoms with E-state index in [1.807, 2.05) is 0 Å². The van der Waals surface area contributed by atoms with Gasteiger partial charge < -0.3 is 20.1 Å². The van der Waals surface area contributed by atoms with Gasteiger partial charge in [0.05, 0.1) is 26.8 Å². The Morgan fingerprint density at radius 1 is 1.12 bits per heavy atom. The molecule has 1 aliphatic rings. The highest BCUT2D eigenvalue weighted by Crippen LogP contribution is 2.38. The van der Waals surface area contributed by atoms with Crippen LogP contribution in [0.4, 0.5) is 24.7 Å². The van der Waals surface area contributed by atoms with Crippen LogP contribution in [0.15, 0.2) is 36.5 Å². The Balaban J connectivity index is 1.67. The van der Waals surface area contributed by atoms with Gasteiger partial charge in [-0.25, -0.2) is 17.9 Å². The van der Waals surface area contributed by atoms with E-state index in [0.29, 0.717) is 34.8 Å². The maximum Gasteiger partial charge on any atom is 0.249 e. The molecule has 0 fully saturated rings. The molecule has 32 heavy (non-hydrogen) atoms. The molecule has 2 aromatic carbocycles. The third kappa shape index (κ3) is 3.72. The van der Waals surface area contributed by atoms with Crippen molar-refractivity contribution >= 4 is 23.3 Å². The zero-order chi connectivity index (χ0) is 23.0. The van der Waals surface area contributed by atoms with Gasteiger partial charge in [-0.05, 0) is 17.7 Å². The first-order chi connectivity index (χ1) is 15.3. The summed E-state index contributed by atoms with van der Waals surface area (Å²) < 4.78 is 51.9. The van der Waals surface area contributed by atoms with Crippen molar-refractivity contribution in [2.45, 2.75) is 12.5 Å². The number of amides is 2. The van der Waals surface area contributed by atoms with Crippen LogP contribution >= 0.6 is 0 Å². The van der Waals surface area contributed by atoms with E-state index in [4.69, 9.17) is 9.47 Å². The van der Waals surface area contributed by atoms with Gasteiger partial charge in [-0.1, -0.05) is 6.07 Å². The van der Waals surface area contributed by atoms with Crippen molar-refractivity contribution in [3.8, 4) is 22.6 Å². The van der Waals surface area contributed by atoms with Crippen molar-refractivity contribution in [3.05, 3.63) is 54.0 Å². The number of aromatic nitrogens is 2. The molecule has 1 aromatic heterocycles. The molecule has 1 unspecified atom stereocenters. The fourth-order valence-electron chi connectivity index (χ4n) is 3.44. The molecule has 0 radical (unpaired) electrons. The number of nitrogens with zero attached hydrogens (tertiary/aromatic N) is 2. The number of ether oxygens (including phenoxy) is 2. The third-order valence-corrected chi connectivity index (χ3v) is 4.98. The molecule has 11 heteroatoms. The summed E-state index contributed by atoms with van der Waals surface area (Å²) in [4.78, 5) is 25.1. The maximum absolute atomic E-state index is 13.5. The summed E-state index contributed by atoms with van der Waals surface area (Å²) in [6.07, 6.45) is 1.22. The van der Waals surface area contributed by atoms with Crippen LogP contribution < -0.4 is 20.1 Å². The highest BCUT2D eigenvalue weighted by atomic mass is 19.2. The molecule has 0 saturated carbocycles. The molecule has 2 heterocycles. The van der Waals surface area contributed by atoms with Gasteiger partial charge in [-0.3, -0.25) is 9.59 Å². The van der Waals surface area contributed by atoms with Crippen molar-refractivity contribution < 1.29 is 32.2 Å². The fourth-order valence-corrected chi connectivity index (χ4v) is 3.44. The number of fused-ring (bicyclic) bond motifs is 1. The first-order valence-corrected chi connectivity index (χ1v) is 9.37. The largest absolute Gasteiger partial charge is 0.493 e. The van der Waals surface area contributed by atoms with E-state index in [0.717, 1.165) is 0 Å². The number of halogens is 3. The van der Waals surface area contributed by atoms with Gasteiger partial charge in [0.1, 0.15) is 11.9 Å². The summed E-state index contributed by atoms with van der Waals surface area (Å²) in [7, 11) is 2.99. The smallest absolute Gasteiger partial charge is 0.249 e. The Morgan fingerprint density at radius 2 is 1.81 bits per heavy atom. The molecule has 8 nitrogen and oxygen atoms in total. The number of hydrogen-bond acceptors (Lipinski definition) is 5. The fraction of sp³-hybridized carbons (Fsp3) is 0.190. The molecule has 1 atom stereocenters. The molecule has 3 aromatic rings. The Bertz CT molecular complexity index is 1200. The predicted molar refractivity (Wildman–Crippen MR) is 108 cm³/mol. The first kappa shape index (κ1) is 21.2. The molecular formula is C21H17F3N4O4. The van der Waals surface area contributed by atoms with Crippen molar-refractivity contribution in [1.29, 1.82) is 0 Å². The highest BCUT2D eigenvalue weighted by molar-refractivity contribution is 6.03. The Morgan fingerprint density at radius 3 is 2.47 bits per heavy atom. The number of hydrogen-bond donors (Lipinski definition) is 2. The predicted octanol–water partition coefficient (Wildman–Crippen LogP) is 3.51. The zero-order valence-electron chi connectivity index (χ0n) is 16.9. The highest BCUT2D eigenvalue weighted by Gasteiger charge is 2.33. The summed E-state index contributed by atoms with van der Waals surface area (Å²) in [5.74, 6) is -4.49. The lowest BCUT2D eigenvalue weighted by molar-refractivity contribution is -0.125. The zero-order valence-corrected chi connectivity index (χ0v) is 16.9. The normalized spacial score (nSPS) is 15.0. The van der Waals surface area contributed by atoms with Crippen LogP contribution in [0.5, 0.6) is 11.5 Å². The van der Waals surface area contributed by atoms with Crippen LogP contribution in [0.3, 0.4) is 0 Å².